The molecule has 2 N–H and O–H groups in total. The van der Waals surface area contributed by atoms with Crippen LogP contribution in [-0.4, -0.2) is 36.1 Å². The van der Waals surface area contributed by atoms with Gasteiger partial charge in [-0.3, -0.25) is 5.32 Å². The van der Waals surface area contributed by atoms with Gasteiger partial charge >= 0.3 is 0 Å². The van der Waals surface area contributed by atoms with Crippen LogP contribution in [0.1, 0.15) is 6.92 Å². The molecule has 0 aromatic rings. The van der Waals surface area contributed by atoms with Crippen molar-refractivity contribution in [1.82, 2.24) is 5.32 Å². The fourth-order valence-electron chi connectivity index (χ4n) is 2.01. The maximum Gasteiger partial charge on any atom is 0.133 e. The zero-order valence-corrected chi connectivity index (χ0v) is 7.40. The first-order chi connectivity index (χ1) is 6.15. The first kappa shape index (κ1) is 8.77. The summed E-state index contributed by atoms with van der Waals surface area (Å²) < 4.78 is 5.25. The first-order valence-corrected chi connectivity index (χ1v) is 4.26. The molecule has 2 fully saturated rings. The summed E-state index contributed by atoms with van der Waals surface area (Å²) in [6, 6.07) is 0. The minimum absolute atomic E-state index is 0.126. The molecule has 2 rings (SSSR count). The molecule has 1 saturated carbocycles. The second-order valence-corrected chi connectivity index (χ2v) is 3.66. The summed E-state index contributed by atoms with van der Waals surface area (Å²) in [4.78, 5) is 2.74. The number of ether oxygens (including phenoxy) is 1. The van der Waals surface area contributed by atoms with Crippen molar-refractivity contribution in [2.24, 2.45) is 11.0 Å². The Labute approximate surface area is 75.5 Å². The van der Waals surface area contributed by atoms with Crippen molar-refractivity contribution in [3.8, 4) is 0 Å². The first-order valence-electron chi connectivity index (χ1n) is 4.26. The summed E-state index contributed by atoms with van der Waals surface area (Å²) in [6.07, 6.45) is 0. The number of hydrogen-bond acceptors (Lipinski definition) is 4. The van der Waals surface area contributed by atoms with Gasteiger partial charge in [-0.1, -0.05) is 5.11 Å². The lowest BCUT2D eigenvalue weighted by molar-refractivity contribution is 0.0817. The lowest BCUT2D eigenvalue weighted by Gasteiger charge is -2.13. The van der Waals surface area contributed by atoms with Crippen molar-refractivity contribution in [2.45, 2.75) is 18.2 Å². The Morgan fingerprint density at radius 3 is 3.23 bits per heavy atom. The topological polar surface area (TPSA) is 90.3 Å². The summed E-state index contributed by atoms with van der Waals surface area (Å²) in [7, 11) is 0. The third kappa shape index (κ3) is 0.971. The fourth-order valence-corrected chi connectivity index (χ4v) is 2.01. The van der Waals surface area contributed by atoms with Gasteiger partial charge < -0.3 is 9.84 Å². The highest BCUT2D eigenvalue weighted by Gasteiger charge is 2.74. The van der Waals surface area contributed by atoms with E-state index in [1.807, 2.05) is 0 Å². The molecule has 0 spiro atoms. The Morgan fingerprint density at radius 1 is 1.77 bits per heavy atom. The van der Waals surface area contributed by atoms with Gasteiger partial charge in [0.25, 0.3) is 0 Å². The van der Waals surface area contributed by atoms with Crippen LogP contribution < -0.4 is 5.32 Å². The standard InChI is InChI=1S/C7H12N4O2/c1-6(10-11-8)5-4-13-3-2-9-7(5,6)12/h5,9,12H,2-4H2,1H3. The molecule has 3 atom stereocenters. The van der Waals surface area contributed by atoms with E-state index in [9.17, 15) is 5.11 Å². The molecule has 0 aromatic carbocycles. The number of nitrogens with one attached hydrogen (secondary N) is 1. The van der Waals surface area contributed by atoms with Crippen LogP contribution in [0.2, 0.25) is 0 Å². The third-order valence-electron chi connectivity index (χ3n) is 3.05. The molecule has 1 heterocycles. The highest BCUT2D eigenvalue weighted by molar-refractivity contribution is 5.27. The van der Waals surface area contributed by atoms with Crippen LogP contribution in [0.4, 0.5) is 0 Å². The number of fused-ring (bicyclic) bond motifs is 1. The van der Waals surface area contributed by atoms with Crippen molar-refractivity contribution in [3.63, 3.8) is 0 Å². The summed E-state index contributed by atoms with van der Waals surface area (Å²) >= 11 is 0. The summed E-state index contributed by atoms with van der Waals surface area (Å²) in [5.41, 5.74) is 6.54. The molecule has 6 nitrogen and oxygen atoms in total. The monoisotopic (exact) mass is 184 g/mol. The second kappa shape index (κ2) is 2.59. The van der Waals surface area contributed by atoms with Crippen LogP contribution in [0.5, 0.6) is 0 Å². The smallest absolute Gasteiger partial charge is 0.133 e. The molecule has 1 saturated heterocycles. The van der Waals surface area contributed by atoms with E-state index in [1.165, 1.54) is 0 Å². The van der Waals surface area contributed by atoms with Crippen LogP contribution in [0, 0.1) is 5.92 Å². The van der Waals surface area contributed by atoms with Gasteiger partial charge in [-0.15, -0.1) is 0 Å². The Morgan fingerprint density at radius 2 is 2.54 bits per heavy atom. The van der Waals surface area contributed by atoms with E-state index in [2.05, 4.69) is 15.3 Å². The molecular weight excluding hydrogens is 172 g/mol. The lowest BCUT2D eigenvalue weighted by atomic mass is 10.2. The van der Waals surface area contributed by atoms with Crippen molar-refractivity contribution in [1.29, 1.82) is 0 Å². The number of azide groups is 1. The van der Waals surface area contributed by atoms with E-state index >= 15 is 0 Å². The van der Waals surface area contributed by atoms with E-state index < -0.39 is 11.3 Å². The lowest BCUT2D eigenvalue weighted by Crippen LogP contribution is -2.39. The van der Waals surface area contributed by atoms with Crippen LogP contribution >= 0.6 is 0 Å². The summed E-state index contributed by atoms with van der Waals surface area (Å²) in [5.74, 6) is -0.126. The molecular formula is C7H12N4O2. The van der Waals surface area contributed by atoms with Gasteiger partial charge in [-0.05, 0) is 12.5 Å². The molecule has 0 bridgehead atoms. The van der Waals surface area contributed by atoms with Crippen LogP contribution in [0.3, 0.4) is 0 Å². The molecule has 0 radical (unpaired) electrons. The average Bonchev–Trinajstić information content (AvgIpc) is 2.61. The van der Waals surface area contributed by atoms with Crippen LogP contribution in [-0.2, 0) is 4.74 Å². The maximum atomic E-state index is 10.0. The van der Waals surface area contributed by atoms with Gasteiger partial charge in [0.2, 0.25) is 0 Å². The van der Waals surface area contributed by atoms with Gasteiger partial charge in [0, 0.05) is 17.4 Å². The Kier molecular flexibility index (Phi) is 1.75. The number of rotatable bonds is 1. The second-order valence-electron chi connectivity index (χ2n) is 3.66. The molecule has 13 heavy (non-hydrogen) atoms. The van der Waals surface area contributed by atoms with Gasteiger partial charge in [-0.25, -0.2) is 0 Å². The minimum atomic E-state index is -1.06. The highest BCUT2D eigenvalue weighted by atomic mass is 16.5. The average molecular weight is 184 g/mol. The quantitative estimate of drug-likeness (QED) is 0.341. The maximum absolute atomic E-state index is 10.0. The van der Waals surface area contributed by atoms with Crippen molar-refractivity contribution < 1.29 is 9.84 Å². The zero-order valence-electron chi connectivity index (χ0n) is 7.40. The summed E-state index contributed by atoms with van der Waals surface area (Å²) in [6.45, 7) is 3.35. The highest BCUT2D eigenvalue weighted by Crippen LogP contribution is 2.55. The van der Waals surface area contributed by atoms with Crippen molar-refractivity contribution in [2.75, 3.05) is 19.8 Å². The minimum Gasteiger partial charge on any atom is -0.380 e. The SMILES string of the molecule is CC1(N=[N+]=[N-])C2COCCNC21O. The van der Waals surface area contributed by atoms with E-state index in [-0.39, 0.29) is 5.92 Å². The predicted octanol–water partition coefficient (Wildman–Crippen LogP) is -0.00640. The number of aliphatic hydroxyl groups is 1. The molecule has 0 amide bonds. The molecule has 72 valence electrons. The van der Waals surface area contributed by atoms with E-state index in [4.69, 9.17) is 10.3 Å². The largest absolute Gasteiger partial charge is 0.380 e. The zero-order chi connectivity index (χ0) is 9.53. The normalized spacial score (nSPS) is 48.6. The molecule has 1 aliphatic heterocycles. The van der Waals surface area contributed by atoms with E-state index in [0.717, 1.165) is 0 Å². The molecule has 3 unspecified atom stereocenters. The van der Waals surface area contributed by atoms with Gasteiger partial charge in [0.15, 0.2) is 0 Å². The molecule has 0 aromatic heterocycles. The Hall–Kier alpha value is -0.810. The fraction of sp³-hybridized carbons (Fsp3) is 1.00. The molecule has 6 heteroatoms. The van der Waals surface area contributed by atoms with E-state index in [0.29, 0.717) is 19.8 Å². The van der Waals surface area contributed by atoms with Gasteiger partial charge in [0.05, 0.1) is 18.8 Å². The van der Waals surface area contributed by atoms with Gasteiger partial charge in [0.1, 0.15) is 5.72 Å². The van der Waals surface area contributed by atoms with Crippen molar-refractivity contribution >= 4 is 0 Å². The number of nitrogens with zero attached hydrogens (tertiary/aromatic N) is 3. The van der Waals surface area contributed by atoms with E-state index in [1.54, 1.807) is 6.92 Å². The molecule has 1 aliphatic carbocycles. The van der Waals surface area contributed by atoms with Crippen molar-refractivity contribution in [3.05, 3.63) is 10.4 Å². The van der Waals surface area contributed by atoms with Crippen LogP contribution in [0.25, 0.3) is 10.4 Å². The summed E-state index contributed by atoms with van der Waals surface area (Å²) in [5, 5.41) is 16.6. The Balaban J connectivity index is 2.23. The van der Waals surface area contributed by atoms with Crippen LogP contribution in [0.15, 0.2) is 5.11 Å². The third-order valence-corrected chi connectivity index (χ3v) is 3.05. The molecule has 2 aliphatic rings. The van der Waals surface area contributed by atoms with Gasteiger partial charge in [-0.2, -0.15) is 0 Å². The number of hydrogen-bond donors (Lipinski definition) is 2. The Bertz CT molecular complexity index is 278. The predicted molar refractivity (Wildman–Crippen MR) is 44.8 cm³/mol.